The van der Waals surface area contributed by atoms with Crippen LogP contribution in [-0.2, 0) is 17.9 Å². The van der Waals surface area contributed by atoms with E-state index in [0.717, 1.165) is 31.6 Å². The Morgan fingerprint density at radius 2 is 1.45 bits per heavy atom. The zero-order valence-corrected chi connectivity index (χ0v) is 17.4. The van der Waals surface area contributed by atoms with E-state index >= 15 is 0 Å². The topological polar surface area (TPSA) is 14.2 Å². The zero-order chi connectivity index (χ0) is 20.2. The van der Waals surface area contributed by atoms with Crippen molar-refractivity contribution in [2.45, 2.75) is 39.8 Å². The van der Waals surface area contributed by atoms with Gasteiger partial charge in [0.25, 0.3) is 0 Å². The van der Waals surface area contributed by atoms with Gasteiger partial charge in [-0.15, -0.1) is 0 Å². The van der Waals surface area contributed by atoms with E-state index in [-0.39, 0.29) is 0 Å². The fourth-order valence-corrected chi connectivity index (χ4v) is 3.99. The van der Waals surface area contributed by atoms with Crippen molar-refractivity contribution < 1.29 is 4.74 Å². The molecule has 2 heteroatoms. The van der Waals surface area contributed by atoms with Gasteiger partial charge in [0.15, 0.2) is 0 Å². The summed E-state index contributed by atoms with van der Waals surface area (Å²) in [5.74, 6) is 0. The molecule has 29 heavy (non-hydrogen) atoms. The van der Waals surface area contributed by atoms with Gasteiger partial charge < -0.3 is 9.30 Å². The molecule has 0 amide bonds. The van der Waals surface area contributed by atoms with Crippen LogP contribution < -0.4 is 0 Å². The summed E-state index contributed by atoms with van der Waals surface area (Å²) >= 11 is 0. The Balaban J connectivity index is 1.38. The lowest BCUT2D eigenvalue weighted by Crippen LogP contribution is -2.01. The predicted octanol–water partition coefficient (Wildman–Crippen LogP) is 7.05. The van der Waals surface area contributed by atoms with Crippen molar-refractivity contribution in [3.63, 3.8) is 0 Å². The highest BCUT2D eigenvalue weighted by atomic mass is 16.5. The highest BCUT2D eigenvalue weighted by molar-refractivity contribution is 6.08. The molecule has 0 aliphatic rings. The van der Waals surface area contributed by atoms with Gasteiger partial charge in [0.2, 0.25) is 0 Å². The molecular formula is C27H29NO. The fraction of sp³-hybridized carbons (Fsp3) is 0.259. The van der Waals surface area contributed by atoms with Crippen LogP contribution in [0.1, 0.15) is 35.1 Å². The van der Waals surface area contributed by atoms with E-state index in [1.54, 1.807) is 0 Å². The summed E-state index contributed by atoms with van der Waals surface area (Å²) in [6, 6.07) is 22.0. The zero-order valence-electron chi connectivity index (χ0n) is 17.4. The molecule has 0 saturated carbocycles. The smallest absolute Gasteiger partial charge is 0.0716 e. The normalized spacial score (nSPS) is 11.4. The Labute approximate surface area is 173 Å². The first-order valence-corrected chi connectivity index (χ1v) is 10.4. The lowest BCUT2D eigenvalue weighted by Gasteiger charge is -2.09. The van der Waals surface area contributed by atoms with Crippen molar-refractivity contribution >= 4 is 27.9 Å². The van der Waals surface area contributed by atoms with Crippen LogP contribution in [0.4, 0.5) is 0 Å². The molecule has 0 bridgehead atoms. The average Bonchev–Trinajstić information content (AvgIpc) is 3.03. The van der Waals surface area contributed by atoms with Crippen molar-refractivity contribution in [2.24, 2.45) is 0 Å². The summed E-state index contributed by atoms with van der Waals surface area (Å²) in [5.41, 5.74) is 7.65. The number of hydrogen-bond acceptors (Lipinski definition) is 1. The average molecular weight is 384 g/mol. The first-order valence-electron chi connectivity index (χ1n) is 10.4. The molecule has 4 aromatic rings. The number of aryl methyl sites for hydroxylation is 3. The van der Waals surface area contributed by atoms with Gasteiger partial charge in [-0.1, -0.05) is 60.2 Å². The Kier molecular flexibility index (Phi) is 5.82. The van der Waals surface area contributed by atoms with Crippen LogP contribution in [-0.4, -0.2) is 11.2 Å². The highest BCUT2D eigenvalue weighted by Crippen LogP contribution is 2.30. The van der Waals surface area contributed by atoms with Crippen LogP contribution in [0.15, 0.2) is 67.2 Å². The van der Waals surface area contributed by atoms with E-state index in [9.17, 15) is 0 Å². The van der Waals surface area contributed by atoms with Gasteiger partial charge in [0, 0.05) is 35.0 Å². The first kappa shape index (κ1) is 19.5. The van der Waals surface area contributed by atoms with Crippen LogP contribution in [0.25, 0.3) is 27.9 Å². The molecular weight excluding hydrogens is 354 g/mol. The van der Waals surface area contributed by atoms with E-state index in [0.29, 0.717) is 6.61 Å². The monoisotopic (exact) mass is 383 g/mol. The summed E-state index contributed by atoms with van der Waals surface area (Å²) < 4.78 is 8.35. The van der Waals surface area contributed by atoms with Gasteiger partial charge in [-0.25, -0.2) is 0 Å². The standard InChI is InChI=1S/C27H29NO/c1-4-22-9-11-23(12-10-22)19-29-16-6-5-15-28-26-13-7-20(2)17-24(26)25-18-21(3)8-14-27(25)28/h4,7-14,17-18H,1,5-6,15-16,19H2,2-3H3. The highest BCUT2D eigenvalue weighted by Gasteiger charge is 2.10. The molecule has 1 heterocycles. The Morgan fingerprint density at radius 3 is 2.03 bits per heavy atom. The van der Waals surface area contributed by atoms with Crippen molar-refractivity contribution in [3.8, 4) is 0 Å². The third kappa shape index (κ3) is 4.28. The van der Waals surface area contributed by atoms with Crippen molar-refractivity contribution in [1.29, 1.82) is 0 Å². The fourth-order valence-electron chi connectivity index (χ4n) is 3.99. The van der Waals surface area contributed by atoms with Crippen LogP contribution in [0.5, 0.6) is 0 Å². The van der Waals surface area contributed by atoms with E-state index in [2.05, 4.69) is 85.7 Å². The van der Waals surface area contributed by atoms with Crippen molar-refractivity contribution in [1.82, 2.24) is 4.57 Å². The molecule has 0 unspecified atom stereocenters. The molecule has 3 aromatic carbocycles. The Bertz CT molecular complexity index is 1080. The van der Waals surface area contributed by atoms with Crippen LogP contribution in [0.2, 0.25) is 0 Å². The quantitative estimate of drug-likeness (QED) is 0.297. The van der Waals surface area contributed by atoms with Crippen molar-refractivity contribution in [3.05, 3.63) is 89.5 Å². The maximum Gasteiger partial charge on any atom is 0.0716 e. The van der Waals surface area contributed by atoms with Gasteiger partial charge >= 0.3 is 0 Å². The Morgan fingerprint density at radius 1 is 0.828 bits per heavy atom. The number of rotatable bonds is 8. The van der Waals surface area contributed by atoms with E-state index in [4.69, 9.17) is 4.74 Å². The maximum atomic E-state index is 5.88. The molecule has 1 aromatic heterocycles. The number of fused-ring (bicyclic) bond motifs is 3. The third-order valence-corrected chi connectivity index (χ3v) is 5.58. The SMILES string of the molecule is C=Cc1ccc(COCCCCn2c3ccc(C)cc3c3cc(C)ccc32)cc1. The van der Waals surface area contributed by atoms with Crippen molar-refractivity contribution in [2.75, 3.05) is 6.61 Å². The summed E-state index contributed by atoms with van der Waals surface area (Å²) in [4.78, 5) is 0. The number of aromatic nitrogens is 1. The van der Waals surface area contributed by atoms with E-state index in [1.807, 2.05) is 6.08 Å². The molecule has 0 fully saturated rings. The third-order valence-electron chi connectivity index (χ3n) is 5.58. The molecule has 4 rings (SSSR count). The second-order valence-electron chi connectivity index (χ2n) is 7.90. The lowest BCUT2D eigenvalue weighted by atomic mass is 10.1. The molecule has 0 spiro atoms. The van der Waals surface area contributed by atoms with E-state index in [1.165, 1.54) is 38.5 Å². The molecule has 0 aliphatic heterocycles. The van der Waals surface area contributed by atoms with Crippen LogP contribution in [0, 0.1) is 13.8 Å². The largest absolute Gasteiger partial charge is 0.377 e. The number of hydrogen-bond donors (Lipinski definition) is 0. The molecule has 2 nitrogen and oxygen atoms in total. The van der Waals surface area contributed by atoms with E-state index < -0.39 is 0 Å². The molecule has 0 atom stereocenters. The second-order valence-corrected chi connectivity index (χ2v) is 7.90. The molecule has 0 radical (unpaired) electrons. The predicted molar refractivity (Wildman–Crippen MR) is 124 cm³/mol. The second kappa shape index (κ2) is 8.67. The minimum absolute atomic E-state index is 0.672. The minimum Gasteiger partial charge on any atom is -0.377 e. The molecule has 0 saturated heterocycles. The molecule has 0 N–H and O–H groups in total. The number of ether oxygens (including phenoxy) is 1. The van der Waals surface area contributed by atoms with Gasteiger partial charge in [0.1, 0.15) is 0 Å². The molecule has 0 aliphatic carbocycles. The molecule has 148 valence electrons. The summed E-state index contributed by atoms with van der Waals surface area (Å²) in [6.45, 7) is 10.6. The van der Waals surface area contributed by atoms with Crippen LogP contribution in [0.3, 0.4) is 0 Å². The first-order chi connectivity index (χ1) is 14.2. The maximum absolute atomic E-state index is 5.88. The Hall–Kier alpha value is -2.84. The summed E-state index contributed by atoms with van der Waals surface area (Å²) in [5, 5.41) is 2.73. The number of unbranched alkanes of at least 4 members (excludes halogenated alkanes) is 1. The number of nitrogens with zero attached hydrogens (tertiary/aromatic N) is 1. The lowest BCUT2D eigenvalue weighted by molar-refractivity contribution is 0.116. The minimum atomic E-state index is 0.672. The van der Waals surface area contributed by atoms with Crippen LogP contribution >= 0.6 is 0 Å². The number of benzene rings is 3. The van der Waals surface area contributed by atoms with Gasteiger partial charge in [-0.2, -0.15) is 0 Å². The van der Waals surface area contributed by atoms with Gasteiger partial charge in [-0.05, 0) is 62.1 Å². The van der Waals surface area contributed by atoms with Gasteiger partial charge in [0.05, 0.1) is 6.61 Å². The van der Waals surface area contributed by atoms with Gasteiger partial charge in [-0.3, -0.25) is 0 Å². The summed E-state index contributed by atoms with van der Waals surface area (Å²) in [6.07, 6.45) is 4.03. The summed E-state index contributed by atoms with van der Waals surface area (Å²) in [7, 11) is 0.